The lowest BCUT2D eigenvalue weighted by molar-refractivity contribution is 0.330. The summed E-state index contributed by atoms with van der Waals surface area (Å²) in [7, 11) is 0. The van der Waals surface area contributed by atoms with E-state index in [0.717, 1.165) is 0 Å². The highest BCUT2D eigenvalue weighted by molar-refractivity contribution is 9.10. The average Bonchev–Trinajstić information content (AvgIpc) is 1.67. The number of thiocarbonyl (C=S) groups is 1. The smallest absolute Gasteiger partial charge is 0.173 e. The van der Waals surface area contributed by atoms with Gasteiger partial charge in [0.25, 0.3) is 0 Å². The number of ether oxygens (including phenoxy) is 1. The Kier molecular flexibility index (Phi) is 4.47. The zero-order valence-corrected chi connectivity index (χ0v) is 7.38. The third kappa shape index (κ3) is 3.38. The molecule has 0 aromatic carbocycles. The van der Waals surface area contributed by atoms with E-state index in [9.17, 15) is 0 Å². The molecule has 0 amide bonds. The Hall–Kier alpha value is 0.370. The molecule has 0 bridgehead atoms. The van der Waals surface area contributed by atoms with E-state index < -0.39 is 0 Å². The highest BCUT2D eigenvalue weighted by Crippen LogP contribution is 2.01. The molecular formula is C5H9BrOS. The summed E-state index contributed by atoms with van der Waals surface area (Å²) in [6.45, 7) is 4.52. The lowest BCUT2D eigenvalue weighted by atomic mass is 10.5. The summed E-state index contributed by atoms with van der Waals surface area (Å²) in [5, 5.41) is 0.632. The molecule has 48 valence electrons. The van der Waals surface area contributed by atoms with Crippen molar-refractivity contribution in [2.24, 2.45) is 0 Å². The van der Waals surface area contributed by atoms with Crippen molar-refractivity contribution in [3.63, 3.8) is 0 Å². The summed E-state index contributed by atoms with van der Waals surface area (Å²) >= 11 is 8.08. The topological polar surface area (TPSA) is 9.23 Å². The minimum atomic E-state index is 0.192. The maximum atomic E-state index is 4.99. The third-order valence-corrected chi connectivity index (χ3v) is 1.80. The highest BCUT2D eigenvalue weighted by atomic mass is 79.9. The molecule has 0 heterocycles. The van der Waals surface area contributed by atoms with Gasteiger partial charge in [0, 0.05) is 0 Å². The van der Waals surface area contributed by atoms with Crippen LogP contribution >= 0.6 is 28.1 Å². The van der Waals surface area contributed by atoms with Gasteiger partial charge >= 0.3 is 0 Å². The molecule has 0 aromatic heterocycles. The largest absolute Gasteiger partial charge is 0.486 e. The molecule has 0 saturated carbocycles. The monoisotopic (exact) mass is 196 g/mol. The normalized spacial score (nSPS) is 12.9. The van der Waals surface area contributed by atoms with Crippen molar-refractivity contribution < 1.29 is 4.74 Å². The molecule has 1 atom stereocenters. The van der Waals surface area contributed by atoms with Crippen LogP contribution in [0.4, 0.5) is 0 Å². The molecule has 8 heavy (non-hydrogen) atoms. The summed E-state index contributed by atoms with van der Waals surface area (Å²) in [4.78, 5) is 0.192. The van der Waals surface area contributed by atoms with Crippen LogP contribution < -0.4 is 0 Å². The van der Waals surface area contributed by atoms with Crippen molar-refractivity contribution in [2.75, 3.05) is 6.61 Å². The fraction of sp³-hybridized carbons (Fsp3) is 0.800. The molecule has 0 aliphatic carbocycles. The van der Waals surface area contributed by atoms with Gasteiger partial charge in [-0.25, -0.2) is 0 Å². The molecule has 0 fully saturated rings. The van der Waals surface area contributed by atoms with Crippen molar-refractivity contribution in [1.82, 2.24) is 0 Å². The molecule has 1 unspecified atom stereocenters. The van der Waals surface area contributed by atoms with E-state index in [1.807, 2.05) is 13.8 Å². The first-order chi connectivity index (χ1) is 3.68. The van der Waals surface area contributed by atoms with Crippen LogP contribution in [0.3, 0.4) is 0 Å². The van der Waals surface area contributed by atoms with Crippen LogP contribution in [-0.2, 0) is 4.74 Å². The summed E-state index contributed by atoms with van der Waals surface area (Å²) in [6, 6.07) is 0. The van der Waals surface area contributed by atoms with Crippen molar-refractivity contribution >= 4 is 33.2 Å². The van der Waals surface area contributed by atoms with Gasteiger partial charge in [0.2, 0.25) is 0 Å². The Bertz CT molecular complexity index is 82.5. The van der Waals surface area contributed by atoms with Gasteiger partial charge in [-0.05, 0) is 26.1 Å². The predicted octanol–water partition coefficient (Wildman–Crippen LogP) is 2.13. The summed E-state index contributed by atoms with van der Waals surface area (Å²) in [5.41, 5.74) is 0. The van der Waals surface area contributed by atoms with E-state index in [2.05, 4.69) is 15.9 Å². The van der Waals surface area contributed by atoms with Crippen molar-refractivity contribution in [2.45, 2.75) is 18.7 Å². The van der Waals surface area contributed by atoms with Gasteiger partial charge < -0.3 is 4.74 Å². The van der Waals surface area contributed by atoms with Gasteiger partial charge in [0.15, 0.2) is 5.05 Å². The standard InChI is InChI=1S/C5H9BrOS/c1-3-7-5(8)4(2)6/h4H,3H2,1-2H3. The molecular weight excluding hydrogens is 188 g/mol. The van der Waals surface area contributed by atoms with Gasteiger partial charge in [-0.2, -0.15) is 0 Å². The van der Waals surface area contributed by atoms with Crippen LogP contribution in [0.1, 0.15) is 13.8 Å². The van der Waals surface area contributed by atoms with E-state index in [1.165, 1.54) is 0 Å². The van der Waals surface area contributed by atoms with Crippen LogP contribution in [-0.4, -0.2) is 16.5 Å². The SMILES string of the molecule is CCOC(=S)C(C)Br. The molecule has 0 saturated heterocycles. The van der Waals surface area contributed by atoms with Crippen LogP contribution in [0.25, 0.3) is 0 Å². The molecule has 0 rings (SSSR count). The number of hydrogen-bond acceptors (Lipinski definition) is 2. The van der Waals surface area contributed by atoms with Crippen LogP contribution in [0, 0.1) is 0 Å². The molecule has 3 heteroatoms. The minimum absolute atomic E-state index is 0.192. The average molecular weight is 197 g/mol. The number of alkyl halides is 1. The molecule has 0 radical (unpaired) electrons. The zero-order valence-electron chi connectivity index (χ0n) is 4.98. The highest BCUT2D eigenvalue weighted by Gasteiger charge is 2.01. The van der Waals surface area contributed by atoms with Crippen LogP contribution in [0.2, 0.25) is 0 Å². The molecule has 0 aromatic rings. The first-order valence-electron chi connectivity index (χ1n) is 2.49. The predicted molar refractivity (Wildman–Crippen MR) is 42.6 cm³/mol. The van der Waals surface area contributed by atoms with Gasteiger partial charge in [-0.1, -0.05) is 15.9 Å². The second kappa shape index (κ2) is 4.27. The Morgan fingerprint density at radius 3 is 2.50 bits per heavy atom. The van der Waals surface area contributed by atoms with E-state index in [-0.39, 0.29) is 4.83 Å². The van der Waals surface area contributed by atoms with E-state index in [1.54, 1.807) is 0 Å². The second-order valence-corrected chi connectivity index (χ2v) is 3.14. The molecule has 0 aliphatic heterocycles. The lowest BCUT2D eigenvalue weighted by Gasteiger charge is -2.04. The Morgan fingerprint density at radius 1 is 1.88 bits per heavy atom. The van der Waals surface area contributed by atoms with E-state index in [4.69, 9.17) is 17.0 Å². The second-order valence-electron chi connectivity index (χ2n) is 1.37. The fourth-order valence-electron chi connectivity index (χ4n) is 0.257. The number of rotatable bonds is 2. The fourth-order valence-corrected chi connectivity index (χ4v) is 0.507. The maximum absolute atomic E-state index is 4.99. The number of hydrogen-bond donors (Lipinski definition) is 0. The molecule has 0 N–H and O–H groups in total. The minimum Gasteiger partial charge on any atom is -0.486 e. The molecule has 1 nitrogen and oxygen atoms in total. The van der Waals surface area contributed by atoms with E-state index >= 15 is 0 Å². The van der Waals surface area contributed by atoms with Crippen molar-refractivity contribution in [3.05, 3.63) is 0 Å². The van der Waals surface area contributed by atoms with Gasteiger partial charge in [-0.15, -0.1) is 0 Å². The van der Waals surface area contributed by atoms with Gasteiger partial charge in [0.1, 0.15) is 0 Å². The first-order valence-corrected chi connectivity index (χ1v) is 3.81. The summed E-state index contributed by atoms with van der Waals surface area (Å²) < 4.78 is 4.99. The van der Waals surface area contributed by atoms with Gasteiger partial charge in [-0.3, -0.25) is 0 Å². The Balaban J connectivity index is 3.33. The quantitative estimate of drug-likeness (QED) is 0.495. The van der Waals surface area contributed by atoms with Gasteiger partial charge in [0.05, 0.1) is 11.4 Å². The third-order valence-electron chi connectivity index (χ3n) is 0.611. The van der Waals surface area contributed by atoms with E-state index in [0.29, 0.717) is 11.7 Å². The van der Waals surface area contributed by atoms with Crippen molar-refractivity contribution in [1.29, 1.82) is 0 Å². The Morgan fingerprint density at radius 2 is 2.38 bits per heavy atom. The molecule has 0 spiro atoms. The zero-order chi connectivity index (χ0) is 6.57. The first kappa shape index (κ1) is 8.37. The van der Waals surface area contributed by atoms with Crippen LogP contribution in [0.15, 0.2) is 0 Å². The Labute approximate surface area is 63.5 Å². The maximum Gasteiger partial charge on any atom is 0.173 e. The van der Waals surface area contributed by atoms with Crippen molar-refractivity contribution in [3.8, 4) is 0 Å². The number of halogens is 1. The summed E-state index contributed by atoms with van der Waals surface area (Å²) in [5.74, 6) is 0. The molecule has 0 aliphatic rings. The lowest BCUT2D eigenvalue weighted by Crippen LogP contribution is -2.10. The summed E-state index contributed by atoms with van der Waals surface area (Å²) in [6.07, 6.45) is 0. The van der Waals surface area contributed by atoms with Crippen LogP contribution in [0.5, 0.6) is 0 Å².